The van der Waals surface area contributed by atoms with Gasteiger partial charge in [-0.2, -0.15) is 0 Å². The number of aliphatic imine (C=N–C) groups is 1. The molecule has 0 aromatic carbocycles. The molecule has 1 heterocycles. The summed E-state index contributed by atoms with van der Waals surface area (Å²) in [5.41, 5.74) is 0. The Kier molecular flexibility index (Phi) is 9.78. The van der Waals surface area contributed by atoms with Crippen LogP contribution in [0.5, 0.6) is 0 Å². The maximum absolute atomic E-state index is 4.23. The smallest absolute Gasteiger partial charge is 0.191 e. The van der Waals surface area contributed by atoms with Crippen molar-refractivity contribution in [1.29, 1.82) is 0 Å². The lowest BCUT2D eigenvalue weighted by Crippen LogP contribution is -2.49. The standard InChI is InChI=1S/C14H30N4.HI/c1-11(2)17-14(15-5)16-10-13(4)18-8-6-12(3)7-9-18;/h11-13H,6-10H2,1-5H3,(H2,15,16,17);1H. The first kappa shape index (κ1) is 19.0. The highest BCUT2D eigenvalue weighted by molar-refractivity contribution is 14.0. The van der Waals surface area contributed by atoms with Gasteiger partial charge in [-0.3, -0.25) is 9.89 Å². The van der Waals surface area contributed by atoms with Crippen molar-refractivity contribution in [2.24, 2.45) is 10.9 Å². The number of nitrogens with zero attached hydrogens (tertiary/aromatic N) is 2. The molecule has 4 nitrogen and oxygen atoms in total. The first-order chi connectivity index (χ1) is 8.52. The van der Waals surface area contributed by atoms with Crippen LogP contribution in [0.25, 0.3) is 0 Å². The predicted octanol–water partition coefficient (Wildman–Crippen LogP) is 2.30. The Balaban J connectivity index is 0.00000324. The van der Waals surface area contributed by atoms with Gasteiger partial charge in [0.15, 0.2) is 5.96 Å². The molecule has 0 radical (unpaired) electrons. The summed E-state index contributed by atoms with van der Waals surface area (Å²) in [6.45, 7) is 12.3. The fourth-order valence-electron chi connectivity index (χ4n) is 2.31. The van der Waals surface area contributed by atoms with Crippen LogP contribution in [0.4, 0.5) is 0 Å². The van der Waals surface area contributed by atoms with Crippen LogP contribution >= 0.6 is 24.0 Å². The van der Waals surface area contributed by atoms with Gasteiger partial charge in [-0.1, -0.05) is 6.92 Å². The number of likely N-dealkylation sites (tertiary alicyclic amines) is 1. The minimum atomic E-state index is 0. The molecule has 1 saturated heterocycles. The highest BCUT2D eigenvalue weighted by Gasteiger charge is 2.20. The second-order valence-electron chi connectivity index (χ2n) is 5.82. The molecule has 0 aromatic heterocycles. The molecule has 1 aliphatic rings. The lowest BCUT2D eigenvalue weighted by atomic mass is 9.98. The molecule has 114 valence electrons. The summed E-state index contributed by atoms with van der Waals surface area (Å²) in [5.74, 6) is 1.80. The van der Waals surface area contributed by atoms with E-state index in [0.29, 0.717) is 12.1 Å². The zero-order valence-electron chi connectivity index (χ0n) is 13.1. The van der Waals surface area contributed by atoms with Crippen molar-refractivity contribution < 1.29 is 0 Å². The van der Waals surface area contributed by atoms with Gasteiger partial charge >= 0.3 is 0 Å². The zero-order valence-corrected chi connectivity index (χ0v) is 15.4. The Morgan fingerprint density at radius 1 is 1.26 bits per heavy atom. The maximum Gasteiger partial charge on any atom is 0.191 e. The summed E-state index contributed by atoms with van der Waals surface area (Å²) in [7, 11) is 1.82. The van der Waals surface area contributed by atoms with Crippen LogP contribution in [0.3, 0.4) is 0 Å². The van der Waals surface area contributed by atoms with Crippen LogP contribution in [-0.4, -0.2) is 49.6 Å². The van der Waals surface area contributed by atoms with Crippen molar-refractivity contribution in [1.82, 2.24) is 15.5 Å². The summed E-state index contributed by atoms with van der Waals surface area (Å²) < 4.78 is 0. The summed E-state index contributed by atoms with van der Waals surface area (Å²) >= 11 is 0. The van der Waals surface area contributed by atoms with Crippen molar-refractivity contribution >= 4 is 29.9 Å². The number of rotatable bonds is 4. The quantitative estimate of drug-likeness (QED) is 0.445. The van der Waals surface area contributed by atoms with Gasteiger partial charge in [-0.05, 0) is 52.6 Å². The minimum absolute atomic E-state index is 0. The fraction of sp³-hybridized carbons (Fsp3) is 0.929. The van der Waals surface area contributed by atoms with Crippen molar-refractivity contribution in [3.05, 3.63) is 0 Å². The topological polar surface area (TPSA) is 39.7 Å². The van der Waals surface area contributed by atoms with E-state index in [4.69, 9.17) is 0 Å². The van der Waals surface area contributed by atoms with E-state index in [9.17, 15) is 0 Å². The maximum atomic E-state index is 4.23. The molecule has 2 N–H and O–H groups in total. The predicted molar refractivity (Wildman–Crippen MR) is 94.5 cm³/mol. The average Bonchev–Trinajstić information content (AvgIpc) is 2.34. The molecule has 0 spiro atoms. The molecular formula is C14H31IN4. The molecule has 1 atom stereocenters. The van der Waals surface area contributed by atoms with Crippen LogP contribution in [0.15, 0.2) is 4.99 Å². The number of piperidine rings is 1. The van der Waals surface area contributed by atoms with Crippen LogP contribution in [-0.2, 0) is 0 Å². The Morgan fingerprint density at radius 3 is 2.32 bits per heavy atom. The SMILES string of the molecule is CN=C(NCC(C)N1CCC(C)CC1)NC(C)C.I. The van der Waals surface area contributed by atoms with Gasteiger partial charge in [-0.25, -0.2) is 0 Å². The Hall–Kier alpha value is -0.0400. The minimum Gasteiger partial charge on any atom is -0.355 e. The molecule has 0 aromatic rings. The number of hydrogen-bond donors (Lipinski definition) is 2. The molecule has 1 rings (SSSR count). The third-order valence-electron chi connectivity index (χ3n) is 3.66. The average molecular weight is 382 g/mol. The van der Waals surface area contributed by atoms with E-state index in [1.807, 2.05) is 7.05 Å². The van der Waals surface area contributed by atoms with Gasteiger partial charge in [0.05, 0.1) is 0 Å². The van der Waals surface area contributed by atoms with Crippen LogP contribution in [0.1, 0.15) is 40.5 Å². The van der Waals surface area contributed by atoms with Crippen molar-refractivity contribution in [2.45, 2.75) is 52.6 Å². The second kappa shape index (κ2) is 9.80. The summed E-state index contributed by atoms with van der Waals surface area (Å²) in [6.07, 6.45) is 2.67. The van der Waals surface area contributed by atoms with Crippen LogP contribution in [0, 0.1) is 5.92 Å². The molecule has 1 aliphatic heterocycles. The van der Waals surface area contributed by atoms with E-state index < -0.39 is 0 Å². The van der Waals surface area contributed by atoms with E-state index >= 15 is 0 Å². The molecule has 19 heavy (non-hydrogen) atoms. The first-order valence-corrected chi connectivity index (χ1v) is 7.24. The largest absolute Gasteiger partial charge is 0.355 e. The van der Waals surface area contributed by atoms with Gasteiger partial charge in [0.1, 0.15) is 0 Å². The monoisotopic (exact) mass is 382 g/mol. The summed E-state index contributed by atoms with van der Waals surface area (Å²) in [6, 6.07) is 0.991. The van der Waals surface area contributed by atoms with Crippen LogP contribution in [0.2, 0.25) is 0 Å². The summed E-state index contributed by atoms with van der Waals surface area (Å²) in [5, 5.41) is 6.72. The second-order valence-corrected chi connectivity index (χ2v) is 5.82. The molecule has 0 aliphatic carbocycles. The highest BCUT2D eigenvalue weighted by atomic mass is 127. The molecule has 0 amide bonds. The van der Waals surface area contributed by atoms with Gasteiger partial charge in [-0.15, -0.1) is 24.0 Å². The zero-order chi connectivity index (χ0) is 13.5. The number of nitrogens with one attached hydrogen (secondary N) is 2. The Labute approximate surface area is 135 Å². The van der Waals surface area contributed by atoms with E-state index in [1.165, 1.54) is 25.9 Å². The van der Waals surface area contributed by atoms with E-state index in [0.717, 1.165) is 18.4 Å². The van der Waals surface area contributed by atoms with E-state index in [2.05, 4.69) is 48.2 Å². The third kappa shape index (κ3) is 7.34. The third-order valence-corrected chi connectivity index (χ3v) is 3.66. The number of halogens is 1. The molecule has 1 fully saturated rings. The Morgan fingerprint density at radius 2 is 1.84 bits per heavy atom. The Bertz CT molecular complexity index is 260. The lowest BCUT2D eigenvalue weighted by Gasteiger charge is -2.35. The number of hydrogen-bond acceptors (Lipinski definition) is 2. The van der Waals surface area contributed by atoms with Gasteiger partial charge < -0.3 is 10.6 Å². The molecular weight excluding hydrogens is 351 g/mol. The van der Waals surface area contributed by atoms with Crippen molar-refractivity contribution in [3.63, 3.8) is 0 Å². The van der Waals surface area contributed by atoms with Gasteiger partial charge in [0.2, 0.25) is 0 Å². The first-order valence-electron chi connectivity index (χ1n) is 7.24. The van der Waals surface area contributed by atoms with Crippen LogP contribution < -0.4 is 10.6 Å². The molecule has 0 bridgehead atoms. The molecule has 5 heteroatoms. The summed E-state index contributed by atoms with van der Waals surface area (Å²) in [4.78, 5) is 6.81. The fourth-order valence-corrected chi connectivity index (χ4v) is 2.31. The van der Waals surface area contributed by atoms with Gasteiger partial charge in [0.25, 0.3) is 0 Å². The normalized spacial score (nSPS) is 20.0. The molecule has 0 saturated carbocycles. The lowest BCUT2D eigenvalue weighted by molar-refractivity contribution is 0.147. The van der Waals surface area contributed by atoms with Gasteiger partial charge in [0, 0.05) is 25.7 Å². The van der Waals surface area contributed by atoms with E-state index in [-0.39, 0.29) is 24.0 Å². The van der Waals surface area contributed by atoms with E-state index in [1.54, 1.807) is 0 Å². The highest BCUT2D eigenvalue weighted by Crippen LogP contribution is 2.17. The van der Waals surface area contributed by atoms with Crippen molar-refractivity contribution in [2.75, 3.05) is 26.7 Å². The van der Waals surface area contributed by atoms with Crippen molar-refractivity contribution in [3.8, 4) is 0 Å². The number of guanidine groups is 1. The molecule has 1 unspecified atom stereocenters.